The molecular formula is C29H32ClN5O4S. The van der Waals surface area contributed by atoms with Crippen molar-refractivity contribution in [1.29, 1.82) is 0 Å². The number of halogens is 1. The van der Waals surface area contributed by atoms with E-state index >= 15 is 0 Å². The van der Waals surface area contributed by atoms with Crippen molar-refractivity contribution in [1.82, 2.24) is 9.73 Å². The molecule has 0 saturated carbocycles. The van der Waals surface area contributed by atoms with Gasteiger partial charge in [-0.1, -0.05) is 67.9 Å². The molecule has 40 heavy (non-hydrogen) atoms. The van der Waals surface area contributed by atoms with Crippen molar-refractivity contribution in [2.45, 2.75) is 37.1 Å². The number of hydrogen-bond donors (Lipinski definition) is 2. The first-order chi connectivity index (χ1) is 19.1. The number of aliphatic imine (C=N–C) groups is 1. The molecule has 3 aromatic rings. The third-order valence-corrected chi connectivity index (χ3v) is 8.15. The van der Waals surface area contributed by atoms with E-state index in [9.17, 15) is 13.2 Å². The second-order valence-electron chi connectivity index (χ2n) is 9.69. The summed E-state index contributed by atoms with van der Waals surface area (Å²) in [5, 5.41) is 6.97. The Morgan fingerprint density at radius 2 is 1.73 bits per heavy atom. The van der Waals surface area contributed by atoms with E-state index in [2.05, 4.69) is 9.71 Å². The number of primary amides is 1. The number of rotatable bonds is 8. The fraction of sp³-hybridized carbons (Fsp3) is 0.276. The summed E-state index contributed by atoms with van der Waals surface area (Å²) >= 11 is 6.15. The summed E-state index contributed by atoms with van der Waals surface area (Å²) in [4.78, 5) is 16.8. The van der Waals surface area contributed by atoms with Gasteiger partial charge >= 0.3 is 0 Å². The van der Waals surface area contributed by atoms with E-state index in [0.717, 1.165) is 11.1 Å². The number of benzene rings is 3. The molecule has 1 aliphatic heterocycles. The third-order valence-electron chi connectivity index (χ3n) is 6.55. The van der Waals surface area contributed by atoms with E-state index in [1.165, 1.54) is 24.3 Å². The van der Waals surface area contributed by atoms with Crippen LogP contribution in [0.3, 0.4) is 0 Å². The molecule has 2 atom stereocenters. The van der Waals surface area contributed by atoms with Crippen molar-refractivity contribution >= 4 is 39.2 Å². The second-order valence-corrected chi connectivity index (χ2v) is 11.8. The van der Waals surface area contributed by atoms with Crippen molar-refractivity contribution in [3.63, 3.8) is 0 Å². The van der Waals surface area contributed by atoms with E-state index in [4.69, 9.17) is 27.2 Å². The smallest absolute Gasteiger partial charge is 0.264 e. The van der Waals surface area contributed by atoms with Gasteiger partial charge in [-0.2, -0.15) is 5.10 Å². The lowest BCUT2D eigenvalue weighted by molar-refractivity contribution is -0.120. The van der Waals surface area contributed by atoms with Crippen LogP contribution < -0.4 is 15.2 Å². The number of carbonyl (C=O) groups excluding carboxylic acids is 1. The van der Waals surface area contributed by atoms with Crippen LogP contribution in [0.2, 0.25) is 5.02 Å². The molecule has 0 aliphatic carbocycles. The lowest BCUT2D eigenvalue weighted by atomic mass is 9.86. The summed E-state index contributed by atoms with van der Waals surface area (Å²) in [6.45, 7) is 3.92. The molecule has 1 heterocycles. The Balaban J connectivity index is 1.81. The number of hydrazone groups is 1. The lowest BCUT2D eigenvalue weighted by Gasteiger charge is -2.32. The molecule has 0 bridgehead atoms. The minimum atomic E-state index is -4.10. The van der Waals surface area contributed by atoms with E-state index in [1.807, 2.05) is 42.5 Å². The van der Waals surface area contributed by atoms with Crippen LogP contribution in [-0.2, 0) is 14.8 Å². The van der Waals surface area contributed by atoms with Gasteiger partial charge in [-0.15, -0.1) is 0 Å². The minimum Gasteiger partial charge on any atom is -0.497 e. The van der Waals surface area contributed by atoms with Gasteiger partial charge in [0.05, 0.1) is 17.7 Å². The molecule has 1 amide bonds. The zero-order valence-corrected chi connectivity index (χ0v) is 24.1. The molecular weight excluding hydrogens is 550 g/mol. The SMILES string of the molecule is COc1ccc(S(=O)(=O)NC(=NC(C(N)=O)C(C)C)N2CCC(c3ccccc3)C(c3ccc(Cl)cc3)=N2)cc1. The molecule has 3 N–H and O–H groups in total. The number of sulfonamides is 1. The Kier molecular flexibility index (Phi) is 9.11. The number of carbonyl (C=O) groups is 1. The van der Waals surface area contributed by atoms with Gasteiger partial charge in [0.1, 0.15) is 11.8 Å². The van der Waals surface area contributed by atoms with E-state index in [1.54, 1.807) is 38.1 Å². The van der Waals surface area contributed by atoms with Crippen LogP contribution in [0.15, 0.2) is 93.9 Å². The summed E-state index contributed by atoms with van der Waals surface area (Å²) in [6, 6.07) is 22.3. The lowest BCUT2D eigenvalue weighted by Crippen LogP contribution is -2.47. The summed E-state index contributed by atoms with van der Waals surface area (Å²) < 4.78 is 34.6. The first-order valence-corrected chi connectivity index (χ1v) is 14.7. The summed E-state index contributed by atoms with van der Waals surface area (Å²) in [7, 11) is -2.60. The zero-order valence-electron chi connectivity index (χ0n) is 22.5. The van der Waals surface area contributed by atoms with Crippen LogP contribution in [0.25, 0.3) is 0 Å². The predicted octanol–water partition coefficient (Wildman–Crippen LogP) is 4.39. The van der Waals surface area contributed by atoms with Crippen LogP contribution in [0.5, 0.6) is 5.75 Å². The number of nitrogens with zero attached hydrogens (tertiary/aromatic N) is 3. The number of nitrogens with one attached hydrogen (secondary N) is 1. The Morgan fingerprint density at radius 1 is 1.07 bits per heavy atom. The van der Waals surface area contributed by atoms with Gasteiger partial charge in [-0.25, -0.2) is 23.1 Å². The molecule has 0 fully saturated rings. The normalized spacial score (nSPS) is 16.8. The van der Waals surface area contributed by atoms with Crippen LogP contribution in [0.4, 0.5) is 0 Å². The number of guanidine groups is 1. The maximum absolute atomic E-state index is 13.4. The minimum absolute atomic E-state index is 0.00208. The van der Waals surface area contributed by atoms with E-state index in [0.29, 0.717) is 29.4 Å². The molecule has 3 aromatic carbocycles. The quantitative estimate of drug-likeness (QED) is 0.301. The number of ether oxygens (including phenoxy) is 1. The van der Waals surface area contributed by atoms with E-state index < -0.39 is 22.0 Å². The van der Waals surface area contributed by atoms with Crippen LogP contribution in [0, 0.1) is 5.92 Å². The van der Waals surface area contributed by atoms with Gasteiger partial charge in [0.25, 0.3) is 10.0 Å². The molecule has 2 unspecified atom stereocenters. The number of hydrogen-bond acceptors (Lipinski definition) is 6. The van der Waals surface area contributed by atoms with Crippen molar-refractivity contribution in [3.8, 4) is 5.75 Å². The highest BCUT2D eigenvalue weighted by molar-refractivity contribution is 7.90. The molecule has 0 radical (unpaired) electrons. The number of nitrogens with two attached hydrogens (primary N) is 1. The first kappa shape index (κ1) is 29.1. The summed E-state index contributed by atoms with van der Waals surface area (Å²) in [5.74, 6) is -0.584. The topological polar surface area (TPSA) is 126 Å². The Morgan fingerprint density at radius 3 is 2.30 bits per heavy atom. The second kappa shape index (κ2) is 12.5. The van der Waals surface area contributed by atoms with Gasteiger partial charge in [0.2, 0.25) is 11.9 Å². The molecule has 0 spiro atoms. The fourth-order valence-electron chi connectivity index (χ4n) is 4.43. The highest BCUT2D eigenvalue weighted by Crippen LogP contribution is 2.30. The number of amides is 1. The van der Waals surface area contributed by atoms with Crippen molar-refractivity contribution < 1.29 is 17.9 Å². The Bertz CT molecular complexity index is 1490. The number of methoxy groups -OCH3 is 1. The van der Waals surface area contributed by atoms with Crippen molar-refractivity contribution in [3.05, 3.63) is 95.0 Å². The van der Waals surface area contributed by atoms with E-state index in [-0.39, 0.29) is 22.7 Å². The highest BCUT2D eigenvalue weighted by Gasteiger charge is 2.31. The van der Waals surface area contributed by atoms with Crippen molar-refractivity contribution in [2.24, 2.45) is 21.7 Å². The van der Waals surface area contributed by atoms with Gasteiger partial charge in [0.15, 0.2) is 0 Å². The van der Waals surface area contributed by atoms with Crippen LogP contribution in [-0.4, -0.2) is 50.7 Å². The molecule has 4 rings (SSSR count). The zero-order chi connectivity index (χ0) is 28.9. The molecule has 11 heteroatoms. The average Bonchev–Trinajstić information content (AvgIpc) is 2.95. The largest absolute Gasteiger partial charge is 0.497 e. The fourth-order valence-corrected chi connectivity index (χ4v) is 5.57. The van der Waals surface area contributed by atoms with Gasteiger partial charge in [0, 0.05) is 17.5 Å². The van der Waals surface area contributed by atoms with Gasteiger partial charge < -0.3 is 10.5 Å². The first-order valence-electron chi connectivity index (χ1n) is 12.8. The highest BCUT2D eigenvalue weighted by atomic mass is 35.5. The summed E-state index contributed by atoms with van der Waals surface area (Å²) in [6.07, 6.45) is 0.609. The molecule has 0 aromatic heterocycles. The Labute approximate surface area is 239 Å². The van der Waals surface area contributed by atoms with Crippen LogP contribution in [0.1, 0.15) is 37.3 Å². The molecule has 9 nitrogen and oxygen atoms in total. The third kappa shape index (κ3) is 6.81. The Hall–Kier alpha value is -3.89. The standard InChI is InChI=1S/C29H32ClN5O4S/c1-19(2)26(28(31)36)32-29(34-40(37,38)24-15-13-23(39-3)14-16-24)35-18-17-25(20-7-5-4-6-8-20)27(33-35)21-9-11-22(30)12-10-21/h4-16,19,25-26H,17-18H2,1-3H3,(H2,31,36)(H,32,34). The maximum atomic E-state index is 13.4. The van der Waals surface area contributed by atoms with Gasteiger partial charge in [-0.3, -0.25) is 4.79 Å². The predicted molar refractivity (Wildman–Crippen MR) is 157 cm³/mol. The average molecular weight is 582 g/mol. The monoisotopic (exact) mass is 581 g/mol. The van der Waals surface area contributed by atoms with Crippen molar-refractivity contribution in [2.75, 3.05) is 13.7 Å². The molecule has 210 valence electrons. The molecule has 0 saturated heterocycles. The maximum Gasteiger partial charge on any atom is 0.264 e. The summed E-state index contributed by atoms with van der Waals surface area (Å²) in [5.41, 5.74) is 8.27. The molecule has 1 aliphatic rings. The van der Waals surface area contributed by atoms with Gasteiger partial charge in [-0.05, 0) is 59.9 Å². The van der Waals surface area contributed by atoms with Crippen LogP contribution >= 0.6 is 11.6 Å².